The molecule has 1 fully saturated rings. The molecular weight excluding hydrogens is 510 g/mol. The minimum atomic E-state index is -0.952. The normalized spacial score (nSPS) is 21.4. The van der Waals surface area contributed by atoms with Crippen molar-refractivity contribution in [3.05, 3.63) is 53.6 Å². The first-order chi connectivity index (χ1) is 18.0. The Morgan fingerprint density at radius 2 is 2.08 bits per heavy atom. The van der Waals surface area contributed by atoms with Crippen molar-refractivity contribution in [3.63, 3.8) is 0 Å². The van der Waals surface area contributed by atoms with E-state index in [9.17, 15) is 14.4 Å². The third-order valence-electron chi connectivity index (χ3n) is 6.41. The van der Waals surface area contributed by atoms with E-state index in [2.05, 4.69) is 17.4 Å². The fourth-order valence-electron chi connectivity index (χ4n) is 4.66. The van der Waals surface area contributed by atoms with Crippen LogP contribution in [0.4, 0.5) is 4.79 Å². The second kappa shape index (κ2) is 12.7. The monoisotopic (exact) mass is 547 g/mol. The lowest BCUT2D eigenvalue weighted by atomic mass is 9.98. The molecule has 1 aromatic carbocycles. The number of carbonyl (C=O) groups excluding carboxylic acids is 3. The minimum Gasteiger partial charge on any atom is -0.467 e. The highest BCUT2D eigenvalue weighted by atomic mass is 35.5. The van der Waals surface area contributed by atoms with Gasteiger partial charge in [-0.15, -0.1) is 6.58 Å². The molecule has 2 aliphatic rings. The first-order valence-electron chi connectivity index (χ1n) is 12.9. The fraction of sp³-hybridized carbons (Fsp3) is 0.536. The molecule has 10 heteroatoms. The van der Waals surface area contributed by atoms with Gasteiger partial charge in [-0.05, 0) is 58.2 Å². The lowest BCUT2D eigenvalue weighted by Crippen LogP contribution is -2.53. The Morgan fingerprint density at radius 3 is 2.74 bits per heavy atom. The molecule has 2 N–H and O–H groups in total. The molecule has 0 radical (unpaired) electrons. The van der Waals surface area contributed by atoms with E-state index in [1.165, 1.54) is 12.0 Å². The molecule has 0 aromatic heterocycles. The summed E-state index contributed by atoms with van der Waals surface area (Å²) in [5.74, 6) is -0.939. The standard InChI is InChI=1S/C28H38ClN3O6/c1-6-7-8-9-10-14-21(30-26(35)37-27(2,3)4)24(33)32-18-28(17-23(32)25(34)36-5)16-22(31-38-28)19-12-11-13-20(29)15-19/h6,11-13,15-16,21,23,31H,1,7-10,14,17-18H2,2-5H3,(H,30,35)/t21-,23-,28+/m0/s1. The van der Waals surface area contributed by atoms with Gasteiger partial charge in [-0.1, -0.05) is 42.7 Å². The zero-order chi connectivity index (χ0) is 27.9. The summed E-state index contributed by atoms with van der Waals surface area (Å²) in [7, 11) is 1.28. The predicted molar refractivity (Wildman–Crippen MR) is 145 cm³/mol. The van der Waals surface area contributed by atoms with Gasteiger partial charge >= 0.3 is 12.1 Å². The number of allylic oxidation sites excluding steroid dienone is 1. The molecule has 38 heavy (non-hydrogen) atoms. The number of methoxy groups -OCH3 is 1. The van der Waals surface area contributed by atoms with Crippen molar-refractivity contribution in [3.8, 4) is 0 Å². The third-order valence-corrected chi connectivity index (χ3v) is 6.64. The van der Waals surface area contributed by atoms with E-state index in [0.29, 0.717) is 23.6 Å². The van der Waals surface area contributed by atoms with Crippen LogP contribution in [0.15, 0.2) is 43.0 Å². The van der Waals surface area contributed by atoms with Gasteiger partial charge < -0.3 is 19.7 Å². The van der Waals surface area contributed by atoms with Crippen LogP contribution in [0.25, 0.3) is 5.70 Å². The Labute approximate surface area is 229 Å². The summed E-state index contributed by atoms with van der Waals surface area (Å²) in [4.78, 5) is 46.6. The summed E-state index contributed by atoms with van der Waals surface area (Å²) in [6.07, 6.45) is 7.02. The van der Waals surface area contributed by atoms with Crippen molar-refractivity contribution in [1.82, 2.24) is 15.7 Å². The van der Waals surface area contributed by atoms with Crippen LogP contribution in [0.3, 0.4) is 0 Å². The topological polar surface area (TPSA) is 106 Å². The minimum absolute atomic E-state index is 0.103. The Bertz CT molecular complexity index is 1070. The number of ether oxygens (including phenoxy) is 2. The van der Waals surface area contributed by atoms with Gasteiger partial charge in [0.2, 0.25) is 5.91 Å². The lowest BCUT2D eigenvalue weighted by Gasteiger charge is -2.29. The third kappa shape index (κ3) is 7.74. The molecule has 208 valence electrons. The summed E-state index contributed by atoms with van der Waals surface area (Å²) in [5.41, 5.74) is 2.76. The average Bonchev–Trinajstić information content (AvgIpc) is 3.45. The smallest absolute Gasteiger partial charge is 0.408 e. The van der Waals surface area contributed by atoms with Crippen molar-refractivity contribution in [1.29, 1.82) is 0 Å². The van der Waals surface area contributed by atoms with Crippen LogP contribution in [-0.2, 0) is 23.9 Å². The molecule has 1 spiro atoms. The van der Waals surface area contributed by atoms with E-state index in [1.807, 2.05) is 24.3 Å². The van der Waals surface area contributed by atoms with E-state index < -0.39 is 35.3 Å². The summed E-state index contributed by atoms with van der Waals surface area (Å²) >= 11 is 6.15. The Balaban J connectivity index is 1.83. The zero-order valence-electron chi connectivity index (χ0n) is 22.6. The molecule has 1 saturated heterocycles. The summed E-state index contributed by atoms with van der Waals surface area (Å²) in [5, 5.41) is 3.30. The Morgan fingerprint density at radius 1 is 1.32 bits per heavy atom. The molecule has 0 saturated carbocycles. The van der Waals surface area contributed by atoms with E-state index in [1.54, 1.807) is 32.9 Å². The van der Waals surface area contributed by atoms with Gasteiger partial charge in [-0.2, -0.15) is 0 Å². The number of hydroxylamine groups is 1. The number of esters is 1. The highest BCUT2D eigenvalue weighted by molar-refractivity contribution is 6.30. The number of nitrogens with zero attached hydrogens (tertiary/aromatic N) is 1. The van der Waals surface area contributed by atoms with Gasteiger partial charge in [0, 0.05) is 17.0 Å². The predicted octanol–water partition coefficient (Wildman–Crippen LogP) is 4.76. The van der Waals surface area contributed by atoms with Crippen molar-refractivity contribution >= 4 is 35.3 Å². The lowest BCUT2D eigenvalue weighted by molar-refractivity contribution is -0.151. The van der Waals surface area contributed by atoms with Crippen LogP contribution in [0.5, 0.6) is 0 Å². The van der Waals surface area contributed by atoms with Crippen molar-refractivity contribution in [2.45, 2.75) is 82.6 Å². The van der Waals surface area contributed by atoms with Gasteiger partial charge in [0.1, 0.15) is 23.3 Å². The number of amides is 2. The second-order valence-corrected chi connectivity index (χ2v) is 11.1. The quantitative estimate of drug-likeness (QED) is 0.247. The van der Waals surface area contributed by atoms with Crippen LogP contribution in [-0.4, -0.2) is 59.8 Å². The molecule has 3 atom stereocenters. The van der Waals surface area contributed by atoms with Gasteiger partial charge in [0.25, 0.3) is 0 Å². The number of hydrogen-bond donors (Lipinski definition) is 2. The van der Waals surface area contributed by atoms with Crippen molar-refractivity contribution in [2.24, 2.45) is 0 Å². The number of hydrogen-bond acceptors (Lipinski definition) is 7. The van der Waals surface area contributed by atoms with Gasteiger partial charge in [-0.3, -0.25) is 15.1 Å². The fourth-order valence-corrected chi connectivity index (χ4v) is 4.85. The van der Waals surface area contributed by atoms with E-state index in [0.717, 1.165) is 24.8 Å². The molecule has 0 unspecified atom stereocenters. The number of likely N-dealkylation sites (tertiary alicyclic amines) is 1. The SMILES string of the molecule is C=CCCCCC[C@H](NC(=O)OC(C)(C)C)C(=O)N1C[C@@]2(C=C(c3cccc(Cl)c3)NO2)C[C@H]1C(=O)OC. The maximum Gasteiger partial charge on any atom is 0.408 e. The second-order valence-electron chi connectivity index (χ2n) is 10.7. The number of benzene rings is 1. The molecule has 2 aliphatic heterocycles. The Hall–Kier alpha value is -3.04. The van der Waals surface area contributed by atoms with Gasteiger partial charge in [-0.25, -0.2) is 9.59 Å². The molecule has 3 rings (SSSR count). The summed E-state index contributed by atoms with van der Waals surface area (Å²) in [6.45, 7) is 9.10. The summed E-state index contributed by atoms with van der Waals surface area (Å²) in [6, 6.07) is 5.53. The van der Waals surface area contributed by atoms with Crippen LogP contribution in [0, 0.1) is 0 Å². The molecule has 2 heterocycles. The molecule has 1 aromatic rings. The molecular formula is C28H38ClN3O6. The molecule has 9 nitrogen and oxygen atoms in total. The van der Waals surface area contributed by atoms with Crippen LogP contribution in [0.1, 0.15) is 64.9 Å². The number of halogens is 1. The highest BCUT2D eigenvalue weighted by Crippen LogP contribution is 2.38. The number of rotatable bonds is 10. The Kier molecular flexibility index (Phi) is 9.84. The maximum atomic E-state index is 13.9. The van der Waals surface area contributed by atoms with Crippen molar-refractivity contribution in [2.75, 3.05) is 13.7 Å². The largest absolute Gasteiger partial charge is 0.467 e. The first kappa shape index (κ1) is 29.5. The van der Waals surface area contributed by atoms with E-state index >= 15 is 0 Å². The molecule has 2 amide bonds. The molecule has 0 bridgehead atoms. The summed E-state index contributed by atoms with van der Waals surface area (Å²) < 4.78 is 10.4. The van der Waals surface area contributed by atoms with Crippen LogP contribution < -0.4 is 10.8 Å². The van der Waals surface area contributed by atoms with Gasteiger partial charge in [0.05, 0.1) is 19.4 Å². The van der Waals surface area contributed by atoms with Crippen LogP contribution >= 0.6 is 11.6 Å². The van der Waals surface area contributed by atoms with Crippen LogP contribution in [0.2, 0.25) is 5.02 Å². The van der Waals surface area contributed by atoms with Crippen molar-refractivity contribution < 1.29 is 28.7 Å². The average molecular weight is 548 g/mol. The number of carbonyl (C=O) groups is 3. The van der Waals surface area contributed by atoms with E-state index in [4.69, 9.17) is 25.9 Å². The van der Waals surface area contributed by atoms with E-state index in [-0.39, 0.29) is 18.9 Å². The first-order valence-corrected chi connectivity index (χ1v) is 13.3. The number of alkyl carbamates (subject to hydrolysis) is 1. The molecule has 0 aliphatic carbocycles. The number of unbranched alkanes of at least 4 members (excludes halogenated alkanes) is 3. The zero-order valence-corrected chi connectivity index (χ0v) is 23.3. The highest BCUT2D eigenvalue weighted by Gasteiger charge is 2.53. The van der Waals surface area contributed by atoms with Gasteiger partial charge in [0.15, 0.2) is 0 Å². The number of nitrogens with one attached hydrogen (secondary N) is 2. The maximum absolute atomic E-state index is 13.9.